The van der Waals surface area contributed by atoms with E-state index in [0.717, 1.165) is 12.1 Å². The van der Waals surface area contributed by atoms with E-state index < -0.39 is 11.6 Å². The number of anilines is 2. The van der Waals surface area contributed by atoms with Gasteiger partial charge < -0.3 is 10.6 Å². The first kappa shape index (κ1) is 10.8. The lowest BCUT2D eigenvalue weighted by Gasteiger charge is -2.22. The average Bonchev–Trinajstić information content (AvgIpc) is 2.15. The molecule has 1 rings (SSSR count). The molecule has 2 N–H and O–H groups in total. The number of halogens is 2. The van der Waals surface area contributed by atoms with Crippen LogP contribution in [0.3, 0.4) is 0 Å². The van der Waals surface area contributed by atoms with Crippen molar-refractivity contribution >= 4 is 11.4 Å². The summed E-state index contributed by atoms with van der Waals surface area (Å²) in [6, 6.07) is 2.15. The summed E-state index contributed by atoms with van der Waals surface area (Å²) >= 11 is 0. The summed E-state index contributed by atoms with van der Waals surface area (Å²) in [4.78, 5) is 1.87. The highest BCUT2D eigenvalue weighted by atomic mass is 19.2. The van der Waals surface area contributed by atoms with Gasteiger partial charge in [-0.15, -0.1) is 0 Å². The summed E-state index contributed by atoms with van der Waals surface area (Å²) in [7, 11) is 0. The van der Waals surface area contributed by atoms with E-state index in [1.165, 1.54) is 0 Å². The first-order chi connectivity index (χ1) is 6.60. The van der Waals surface area contributed by atoms with Crippen LogP contribution in [0.2, 0.25) is 0 Å². The fraction of sp³-hybridized carbons (Fsp3) is 0.400. The maximum absolute atomic E-state index is 12.9. The molecule has 0 aliphatic heterocycles. The summed E-state index contributed by atoms with van der Waals surface area (Å²) < 4.78 is 25.7. The lowest BCUT2D eigenvalue weighted by atomic mass is 10.2. The third-order valence-electron chi connectivity index (χ3n) is 2.17. The van der Waals surface area contributed by atoms with Gasteiger partial charge in [0.2, 0.25) is 0 Å². The van der Waals surface area contributed by atoms with E-state index in [1.54, 1.807) is 0 Å². The molecule has 0 saturated carbocycles. The molecular formula is C10H14F2N2. The molecule has 78 valence electrons. The zero-order chi connectivity index (χ0) is 10.7. The van der Waals surface area contributed by atoms with E-state index in [9.17, 15) is 8.78 Å². The third-order valence-corrected chi connectivity index (χ3v) is 2.17. The second-order valence-corrected chi connectivity index (χ2v) is 3.00. The molecule has 0 bridgehead atoms. The van der Waals surface area contributed by atoms with Crippen LogP contribution in [0.25, 0.3) is 0 Å². The van der Waals surface area contributed by atoms with Crippen LogP contribution < -0.4 is 10.6 Å². The number of hydrogen-bond donors (Lipinski definition) is 1. The fourth-order valence-corrected chi connectivity index (χ4v) is 1.39. The standard InChI is InChI=1S/C10H14F2N2/c1-3-14(4-2)10-6-8(12)7(11)5-9(10)13/h5-6H,3-4,13H2,1-2H3. The molecule has 1 aromatic rings. The number of rotatable bonds is 3. The van der Waals surface area contributed by atoms with Gasteiger partial charge in [0, 0.05) is 25.2 Å². The lowest BCUT2D eigenvalue weighted by Crippen LogP contribution is -2.23. The van der Waals surface area contributed by atoms with Crippen molar-refractivity contribution in [1.29, 1.82) is 0 Å². The summed E-state index contributed by atoms with van der Waals surface area (Å²) in [5.41, 5.74) is 6.41. The van der Waals surface area contributed by atoms with Crippen molar-refractivity contribution in [3.63, 3.8) is 0 Å². The minimum absolute atomic E-state index is 0.271. The summed E-state index contributed by atoms with van der Waals surface area (Å²) in [6.45, 7) is 5.30. The second-order valence-electron chi connectivity index (χ2n) is 3.00. The van der Waals surface area contributed by atoms with Crippen molar-refractivity contribution in [2.24, 2.45) is 0 Å². The molecule has 0 radical (unpaired) electrons. The molecule has 0 saturated heterocycles. The SMILES string of the molecule is CCN(CC)c1cc(F)c(F)cc1N. The van der Waals surface area contributed by atoms with Crippen LogP contribution in [0.5, 0.6) is 0 Å². The van der Waals surface area contributed by atoms with E-state index in [2.05, 4.69) is 0 Å². The van der Waals surface area contributed by atoms with Gasteiger partial charge in [0.25, 0.3) is 0 Å². The average molecular weight is 200 g/mol. The maximum Gasteiger partial charge on any atom is 0.161 e. The molecule has 0 spiro atoms. The molecular weight excluding hydrogens is 186 g/mol. The zero-order valence-corrected chi connectivity index (χ0v) is 8.35. The Morgan fingerprint density at radius 3 is 2.14 bits per heavy atom. The molecule has 0 unspecified atom stereocenters. The van der Waals surface area contributed by atoms with Crippen molar-refractivity contribution < 1.29 is 8.78 Å². The number of nitrogens with zero attached hydrogens (tertiary/aromatic N) is 1. The minimum atomic E-state index is -0.904. The van der Waals surface area contributed by atoms with E-state index in [-0.39, 0.29) is 5.69 Å². The Kier molecular flexibility index (Phi) is 3.28. The first-order valence-electron chi connectivity index (χ1n) is 4.59. The van der Waals surface area contributed by atoms with Gasteiger partial charge in [-0.3, -0.25) is 0 Å². The van der Waals surface area contributed by atoms with E-state index >= 15 is 0 Å². The van der Waals surface area contributed by atoms with Gasteiger partial charge in [0.15, 0.2) is 11.6 Å². The number of hydrogen-bond acceptors (Lipinski definition) is 2. The molecule has 14 heavy (non-hydrogen) atoms. The Labute approximate surface area is 82.3 Å². The van der Waals surface area contributed by atoms with Crippen LogP contribution in [0.1, 0.15) is 13.8 Å². The Morgan fingerprint density at radius 2 is 1.64 bits per heavy atom. The number of benzene rings is 1. The number of nitrogens with two attached hydrogens (primary N) is 1. The Balaban J connectivity index is 3.14. The maximum atomic E-state index is 12.9. The van der Waals surface area contributed by atoms with E-state index in [1.807, 2.05) is 18.7 Å². The number of nitrogen functional groups attached to an aromatic ring is 1. The van der Waals surface area contributed by atoms with Crippen molar-refractivity contribution in [3.8, 4) is 0 Å². The zero-order valence-electron chi connectivity index (χ0n) is 8.35. The Bertz CT molecular complexity index is 322. The lowest BCUT2D eigenvalue weighted by molar-refractivity contribution is 0.509. The third kappa shape index (κ3) is 1.95. The molecule has 0 atom stereocenters. The summed E-state index contributed by atoms with van der Waals surface area (Å²) in [5.74, 6) is -1.76. The normalized spacial score (nSPS) is 10.3. The molecule has 0 aliphatic rings. The first-order valence-corrected chi connectivity index (χ1v) is 4.59. The van der Waals surface area contributed by atoms with Crippen LogP contribution in [0.15, 0.2) is 12.1 Å². The van der Waals surface area contributed by atoms with Gasteiger partial charge in [0.05, 0.1) is 11.4 Å². The van der Waals surface area contributed by atoms with Gasteiger partial charge in [-0.2, -0.15) is 0 Å². The Hall–Kier alpha value is -1.32. The van der Waals surface area contributed by atoms with Crippen molar-refractivity contribution in [2.45, 2.75) is 13.8 Å². The predicted octanol–water partition coefficient (Wildman–Crippen LogP) is 2.39. The molecule has 0 aliphatic carbocycles. The highest BCUT2D eigenvalue weighted by molar-refractivity contribution is 5.67. The van der Waals surface area contributed by atoms with E-state index in [4.69, 9.17) is 5.73 Å². The van der Waals surface area contributed by atoms with E-state index in [0.29, 0.717) is 18.8 Å². The molecule has 2 nitrogen and oxygen atoms in total. The highest BCUT2D eigenvalue weighted by Crippen LogP contribution is 2.25. The monoisotopic (exact) mass is 200 g/mol. The van der Waals surface area contributed by atoms with Gasteiger partial charge in [-0.1, -0.05) is 0 Å². The van der Waals surface area contributed by atoms with Crippen molar-refractivity contribution in [3.05, 3.63) is 23.8 Å². The summed E-state index contributed by atoms with van der Waals surface area (Å²) in [6.07, 6.45) is 0. The van der Waals surface area contributed by atoms with Crippen LogP contribution in [-0.2, 0) is 0 Å². The van der Waals surface area contributed by atoms with Crippen LogP contribution >= 0.6 is 0 Å². The molecule has 0 aromatic heterocycles. The molecule has 0 fully saturated rings. The van der Waals surface area contributed by atoms with Gasteiger partial charge in [0.1, 0.15) is 0 Å². The van der Waals surface area contributed by atoms with Gasteiger partial charge >= 0.3 is 0 Å². The Morgan fingerprint density at radius 1 is 1.14 bits per heavy atom. The minimum Gasteiger partial charge on any atom is -0.397 e. The van der Waals surface area contributed by atoms with Gasteiger partial charge in [-0.05, 0) is 13.8 Å². The largest absolute Gasteiger partial charge is 0.397 e. The molecule has 4 heteroatoms. The molecule has 0 amide bonds. The topological polar surface area (TPSA) is 29.3 Å². The smallest absolute Gasteiger partial charge is 0.161 e. The van der Waals surface area contributed by atoms with Crippen LogP contribution in [-0.4, -0.2) is 13.1 Å². The molecule has 0 heterocycles. The predicted molar refractivity (Wildman–Crippen MR) is 54.3 cm³/mol. The quantitative estimate of drug-likeness (QED) is 0.759. The summed E-state index contributed by atoms with van der Waals surface area (Å²) in [5, 5.41) is 0. The van der Waals surface area contributed by atoms with Crippen LogP contribution in [0.4, 0.5) is 20.2 Å². The van der Waals surface area contributed by atoms with Crippen LogP contribution in [0, 0.1) is 11.6 Å². The van der Waals surface area contributed by atoms with Crippen molar-refractivity contribution in [1.82, 2.24) is 0 Å². The van der Waals surface area contributed by atoms with Crippen molar-refractivity contribution in [2.75, 3.05) is 23.7 Å². The highest BCUT2D eigenvalue weighted by Gasteiger charge is 2.11. The van der Waals surface area contributed by atoms with Gasteiger partial charge in [-0.25, -0.2) is 8.78 Å². The second kappa shape index (κ2) is 4.26. The molecule has 1 aromatic carbocycles. The fourth-order valence-electron chi connectivity index (χ4n) is 1.39.